The van der Waals surface area contributed by atoms with Gasteiger partial charge in [-0.1, -0.05) is 35.9 Å². The van der Waals surface area contributed by atoms with E-state index in [1.54, 1.807) is 25.1 Å². The molecule has 0 amide bonds. The molecule has 0 atom stereocenters. The fourth-order valence-corrected chi connectivity index (χ4v) is 3.87. The molecule has 29 heavy (non-hydrogen) atoms. The molecule has 5 nitrogen and oxygen atoms in total. The predicted molar refractivity (Wildman–Crippen MR) is 122 cm³/mol. The van der Waals surface area contributed by atoms with Crippen LogP contribution in [0.5, 0.6) is 0 Å². The maximum Gasteiger partial charge on any atom is 0.339 e. The molecule has 0 unspecified atom stereocenters. The van der Waals surface area contributed by atoms with E-state index in [0.717, 1.165) is 44.7 Å². The summed E-state index contributed by atoms with van der Waals surface area (Å²) in [6.45, 7) is 6.01. The van der Waals surface area contributed by atoms with Crippen LogP contribution in [0.4, 0.5) is 5.69 Å². The van der Waals surface area contributed by atoms with Crippen LogP contribution in [-0.2, 0) is 17.7 Å². The standard InChI is InChI=1S/C22H26ClN3O2S/c1-2-28-21(27)19-9-8-18(14-20(19)23)25-22(29)24-11-5-12-26-13-10-16-6-3-4-7-17(16)15-26/h3-4,6-9,14H,2,5,10-13,15H2,1H3,(H2,24,25,29). The summed E-state index contributed by atoms with van der Waals surface area (Å²) < 4.78 is 4.98. The molecule has 154 valence electrons. The zero-order chi connectivity index (χ0) is 20.6. The third-order valence-electron chi connectivity index (χ3n) is 4.87. The van der Waals surface area contributed by atoms with Crippen molar-refractivity contribution in [3.8, 4) is 0 Å². The van der Waals surface area contributed by atoms with Crippen molar-refractivity contribution in [1.82, 2.24) is 10.2 Å². The number of fused-ring (bicyclic) bond motifs is 1. The average Bonchev–Trinajstić information content (AvgIpc) is 2.71. The van der Waals surface area contributed by atoms with Gasteiger partial charge in [0.25, 0.3) is 0 Å². The van der Waals surface area contributed by atoms with Gasteiger partial charge in [0.05, 0.1) is 17.2 Å². The summed E-state index contributed by atoms with van der Waals surface area (Å²) in [5.41, 5.74) is 3.99. The number of carbonyl (C=O) groups excluding carboxylic acids is 1. The van der Waals surface area contributed by atoms with Crippen LogP contribution in [0, 0.1) is 0 Å². The number of halogens is 1. The number of ether oxygens (including phenoxy) is 1. The van der Waals surface area contributed by atoms with Crippen LogP contribution in [0.3, 0.4) is 0 Å². The Morgan fingerprint density at radius 3 is 2.79 bits per heavy atom. The SMILES string of the molecule is CCOC(=O)c1ccc(NC(=S)NCCCN2CCc3ccccc3C2)cc1Cl. The summed E-state index contributed by atoms with van der Waals surface area (Å²) >= 11 is 11.5. The zero-order valence-electron chi connectivity index (χ0n) is 16.5. The Morgan fingerprint density at radius 1 is 1.24 bits per heavy atom. The van der Waals surface area contributed by atoms with Crippen molar-refractivity contribution in [2.75, 3.05) is 31.6 Å². The Balaban J connectivity index is 1.39. The van der Waals surface area contributed by atoms with Gasteiger partial charge in [-0.05, 0) is 61.3 Å². The molecule has 3 rings (SSSR count). The van der Waals surface area contributed by atoms with Gasteiger partial charge in [-0.2, -0.15) is 0 Å². The van der Waals surface area contributed by atoms with Crippen molar-refractivity contribution in [1.29, 1.82) is 0 Å². The van der Waals surface area contributed by atoms with E-state index >= 15 is 0 Å². The summed E-state index contributed by atoms with van der Waals surface area (Å²) in [6, 6.07) is 13.7. The van der Waals surface area contributed by atoms with Crippen molar-refractivity contribution < 1.29 is 9.53 Å². The van der Waals surface area contributed by atoms with Crippen molar-refractivity contribution >= 4 is 40.6 Å². The van der Waals surface area contributed by atoms with Crippen molar-refractivity contribution in [3.63, 3.8) is 0 Å². The number of hydrogen-bond donors (Lipinski definition) is 2. The quantitative estimate of drug-likeness (QED) is 0.388. The molecule has 7 heteroatoms. The Kier molecular flexibility index (Phi) is 7.86. The van der Waals surface area contributed by atoms with Crippen molar-refractivity contribution in [2.45, 2.75) is 26.3 Å². The molecule has 0 saturated heterocycles. The van der Waals surface area contributed by atoms with E-state index in [4.69, 9.17) is 28.6 Å². The summed E-state index contributed by atoms with van der Waals surface area (Å²) in [5.74, 6) is -0.426. The van der Waals surface area contributed by atoms with E-state index < -0.39 is 5.97 Å². The fraction of sp³-hybridized carbons (Fsp3) is 0.364. The average molecular weight is 432 g/mol. The number of hydrogen-bond acceptors (Lipinski definition) is 4. The Morgan fingerprint density at radius 2 is 2.03 bits per heavy atom. The highest BCUT2D eigenvalue weighted by Crippen LogP contribution is 2.22. The van der Waals surface area contributed by atoms with Gasteiger partial charge in [-0.15, -0.1) is 0 Å². The van der Waals surface area contributed by atoms with Gasteiger partial charge in [0.15, 0.2) is 5.11 Å². The minimum Gasteiger partial charge on any atom is -0.462 e. The number of benzene rings is 2. The number of thiocarbonyl (C=S) groups is 1. The molecule has 2 N–H and O–H groups in total. The van der Waals surface area contributed by atoms with E-state index in [-0.39, 0.29) is 0 Å². The van der Waals surface area contributed by atoms with Crippen LogP contribution >= 0.6 is 23.8 Å². The molecule has 0 aromatic heterocycles. The van der Waals surface area contributed by atoms with Crippen molar-refractivity contribution in [2.24, 2.45) is 0 Å². The third-order valence-corrected chi connectivity index (χ3v) is 5.43. The lowest BCUT2D eigenvalue weighted by molar-refractivity contribution is 0.0526. The van der Waals surface area contributed by atoms with Gasteiger partial charge in [0.2, 0.25) is 0 Å². The first-order chi connectivity index (χ1) is 14.1. The number of nitrogens with one attached hydrogen (secondary N) is 2. The normalized spacial score (nSPS) is 13.4. The van der Waals surface area contributed by atoms with E-state index in [0.29, 0.717) is 22.3 Å². The van der Waals surface area contributed by atoms with Gasteiger partial charge in [-0.25, -0.2) is 4.79 Å². The zero-order valence-corrected chi connectivity index (χ0v) is 18.1. The van der Waals surface area contributed by atoms with Gasteiger partial charge < -0.3 is 15.4 Å². The van der Waals surface area contributed by atoms with Crippen LogP contribution in [0.25, 0.3) is 0 Å². The summed E-state index contributed by atoms with van der Waals surface area (Å²) in [4.78, 5) is 14.3. The maximum atomic E-state index is 11.8. The van der Waals surface area contributed by atoms with E-state index in [9.17, 15) is 4.79 Å². The first-order valence-corrected chi connectivity index (χ1v) is 10.7. The number of rotatable bonds is 7. The third kappa shape index (κ3) is 6.16. The molecule has 2 aromatic rings. The Labute approximate surface area is 182 Å². The number of esters is 1. The van der Waals surface area contributed by atoms with Crippen LogP contribution in [-0.4, -0.2) is 42.2 Å². The Bertz CT molecular complexity index is 875. The second kappa shape index (κ2) is 10.6. The minimum atomic E-state index is -0.426. The summed E-state index contributed by atoms with van der Waals surface area (Å²) in [6.07, 6.45) is 2.12. The van der Waals surface area contributed by atoms with Crippen LogP contribution < -0.4 is 10.6 Å². The first-order valence-electron chi connectivity index (χ1n) is 9.87. The van der Waals surface area contributed by atoms with Crippen LogP contribution in [0.15, 0.2) is 42.5 Å². The maximum absolute atomic E-state index is 11.8. The smallest absolute Gasteiger partial charge is 0.339 e. The van der Waals surface area contributed by atoms with Gasteiger partial charge in [-0.3, -0.25) is 4.90 Å². The molecule has 0 radical (unpaired) electrons. The Hall–Kier alpha value is -2.15. The second-order valence-electron chi connectivity index (χ2n) is 6.94. The highest BCUT2D eigenvalue weighted by molar-refractivity contribution is 7.80. The molecule has 0 bridgehead atoms. The number of anilines is 1. The second-order valence-corrected chi connectivity index (χ2v) is 7.76. The molecule has 0 aliphatic carbocycles. The lowest BCUT2D eigenvalue weighted by atomic mass is 10.00. The molecule has 0 spiro atoms. The molecule has 1 heterocycles. The summed E-state index contributed by atoms with van der Waals surface area (Å²) in [5, 5.41) is 7.20. The molecule has 0 fully saturated rings. The fourth-order valence-electron chi connectivity index (χ4n) is 3.39. The number of carbonyl (C=O) groups is 1. The molecule has 0 saturated carbocycles. The van der Waals surface area contributed by atoms with Gasteiger partial charge in [0, 0.05) is 31.9 Å². The molecule has 1 aliphatic rings. The van der Waals surface area contributed by atoms with Crippen molar-refractivity contribution in [3.05, 3.63) is 64.2 Å². The van der Waals surface area contributed by atoms with Gasteiger partial charge >= 0.3 is 5.97 Å². The first kappa shape index (κ1) is 21.6. The monoisotopic (exact) mass is 431 g/mol. The molecular formula is C22H26ClN3O2S. The highest BCUT2D eigenvalue weighted by Gasteiger charge is 2.15. The lowest BCUT2D eigenvalue weighted by Crippen LogP contribution is -2.34. The van der Waals surface area contributed by atoms with E-state index in [1.807, 2.05) is 0 Å². The van der Waals surface area contributed by atoms with Gasteiger partial charge in [0.1, 0.15) is 0 Å². The molecular weight excluding hydrogens is 406 g/mol. The lowest BCUT2D eigenvalue weighted by Gasteiger charge is -2.28. The highest BCUT2D eigenvalue weighted by atomic mass is 35.5. The molecule has 2 aromatic carbocycles. The van der Waals surface area contributed by atoms with Crippen LogP contribution in [0.2, 0.25) is 5.02 Å². The van der Waals surface area contributed by atoms with E-state index in [1.165, 1.54) is 11.1 Å². The minimum absolute atomic E-state index is 0.313. The largest absolute Gasteiger partial charge is 0.462 e. The topological polar surface area (TPSA) is 53.6 Å². The predicted octanol–water partition coefficient (Wildman–Crippen LogP) is 4.25. The van der Waals surface area contributed by atoms with Crippen LogP contribution in [0.1, 0.15) is 34.8 Å². The number of nitrogens with zero attached hydrogens (tertiary/aromatic N) is 1. The summed E-state index contributed by atoms with van der Waals surface area (Å²) in [7, 11) is 0. The van der Waals surface area contributed by atoms with E-state index in [2.05, 4.69) is 39.8 Å². The molecule has 1 aliphatic heterocycles.